The van der Waals surface area contributed by atoms with Crippen molar-refractivity contribution < 1.29 is 8.78 Å². The van der Waals surface area contributed by atoms with Crippen molar-refractivity contribution in [3.63, 3.8) is 0 Å². The number of hydrogen-bond acceptors (Lipinski definition) is 1. The monoisotopic (exact) mass is 317 g/mol. The normalized spacial score (nSPS) is 20.1. The Morgan fingerprint density at radius 1 is 1.17 bits per heavy atom. The van der Waals surface area contributed by atoms with Crippen LogP contribution in [0.15, 0.2) is 16.6 Å². The van der Waals surface area contributed by atoms with Gasteiger partial charge in [0.25, 0.3) is 5.92 Å². The molecule has 1 aromatic carbocycles. The Labute approximate surface area is 115 Å². The summed E-state index contributed by atoms with van der Waals surface area (Å²) < 4.78 is 27.3. The van der Waals surface area contributed by atoms with E-state index in [-0.39, 0.29) is 12.8 Å². The van der Waals surface area contributed by atoms with E-state index in [1.54, 1.807) is 0 Å². The Hall–Kier alpha value is -0.480. The number of aryl methyl sites for hydroxylation is 2. The third kappa shape index (κ3) is 3.29. The molecule has 0 saturated carbocycles. The van der Waals surface area contributed by atoms with Gasteiger partial charge in [-0.1, -0.05) is 28.1 Å². The predicted octanol–water partition coefficient (Wildman–Crippen LogP) is 4.30. The maximum atomic E-state index is 13.1. The van der Waals surface area contributed by atoms with Crippen molar-refractivity contribution in [2.24, 2.45) is 0 Å². The molecule has 18 heavy (non-hydrogen) atoms. The van der Waals surface area contributed by atoms with Gasteiger partial charge in [-0.05, 0) is 30.5 Å². The molecule has 1 aromatic rings. The van der Waals surface area contributed by atoms with Gasteiger partial charge in [0.15, 0.2) is 0 Å². The zero-order chi connectivity index (χ0) is 13.3. The zero-order valence-corrected chi connectivity index (χ0v) is 12.4. The van der Waals surface area contributed by atoms with Gasteiger partial charge in [-0.3, -0.25) is 4.90 Å². The third-order valence-corrected chi connectivity index (χ3v) is 4.74. The topological polar surface area (TPSA) is 3.24 Å². The van der Waals surface area contributed by atoms with Crippen molar-refractivity contribution in [3.05, 3.63) is 33.3 Å². The molecule has 0 radical (unpaired) electrons. The number of nitrogens with zero attached hydrogens (tertiary/aromatic N) is 1. The molecule has 0 N–H and O–H groups in total. The Balaban J connectivity index is 2.03. The van der Waals surface area contributed by atoms with Crippen molar-refractivity contribution in [2.45, 2.75) is 39.2 Å². The SMILES string of the molecule is Cc1cc(CN2CCC(F)(F)CC2)cc(C)c1Br. The first-order valence-corrected chi connectivity index (χ1v) is 7.02. The largest absolute Gasteiger partial charge is 0.299 e. The highest BCUT2D eigenvalue weighted by Gasteiger charge is 2.33. The first-order valence-electron chi connectivity index (χ1n) is 6.23. The smallest absolute Gasteiger partial charge is 0.250 e. The van der Waals surface area contributed by atoms with Crippen LogP contribution >= 0.6 is 15.9 Å². The molecule has 0 aliphatic carbocycles. The summed E-state index contributed by atoms with van der Waals surface area (Å²) in [7, 11) is 0. The van der Waals surface area contributed by atoms with Crippen molar-refractivity contribution in [1.29, 1.82) is 0 Å². The van der Waals surface area contributed by atoms with E-state index in [1.807, 2.05) is 0 Å². The molecule has 0 atom stereocenters. The van der Waals surface area contributed by atoms with Gasteiger partial charge in [0.2, 0.25) is 0 Å². The van der Waals surface area contributed by atoms with Crippen LogP contribution in [0.25, 0.3) is 0 Å². The van der Waals surface area contributed by atoms with Gasteiger partial charge < -0.3 is 0 Å². The highest BCUT2D eigenvalue weighted by Crippen LogP contribution is 2.29. The summed E-state index contributed by atoms with van der Waals surface area (Å²) in [6.45, 7) is 5.86. The zero-order valence-electron chi connectivity index (χ0n) is 10.8. The van der Waals surface area contributed by atoms with E-state index in [1.165, 1.54) is 16.7 Å². The molecule has 1 aliphatic rings. The van der Waals surface area contributed by atoms with E-state index in [0.29, 0.717) is 13.1 Å². The summed E-state index contributed by atoms with van der Waals surface area (Å²) in [5.74, 6) is -2.46. The summed E-state index contributed by atoms with van der Waals surface area (Å²) in [4.78, 5) is 2.11. The Morgan fingerprint density at radius 3 is 2.17 bits per heavy atom. The molecule has 1 nitrogen and oxygen atoms in total. The standard InChI is InChI=1S/C14H18BrF2N/c1-10-7-12(8-11(2)13(10)15)9-18-5-3-14(16,17)4-6-18/h7-8H,3-6,9H2,1-2H3. The van der Waals surface area contributed by atoms with E-state index in [9.17, 15) is 8.78 Å². The molecule has 1 saturated heterocycles. The summed E-state index contributed by atoms with van der Waals surface area (Å²) in [6.07, 6.45) is -0.0248. The highest BCUT2D eigenvalue weighted by molar-refractivity contribution is 9.10. The molecule has 0 spiro atoms. The van der Waals surface area contributed by atoms with Crippen molar-refractivity contribution in [2.75, 3.05) is 13.1 Å². The molecule has 2 rings (SSSR count). The fourth-order valence-corrected chi connectivity index (χ4v) is 2.65. The molecule has 4 heteroatoms. The molecular formula is C14H18BrF2N. The highest BCUT2D eigenvalue weighted by atomic mass is 79.9. The van der Waals surface area contributed by atoms with Crippen LogP contribution in [0.2, 0.25) is 0 Å². The average Bonchev–Trinajstić information content (AvgIpc) is 2.29. The number of piperidine rings is 1. The molecule has 100 valence electrons. The van der Waals surface area contributed by atoms with E-state index >= 15 is 0 Å². The number of benzene rings is 1. The van der Waals surface area contributed by atoms with Crippen LogP contribution in [-0.2, 0) is 6.54 Å². The van der Waals surface area contributed by atoms with Crippen molar-refractivity contribution >= 4 is 15.9 Å². The quantitative estimate of drug-likeness (QED) is 0.786. The minimum absolute atomic E-state index is 0.0124. The molecular weight excluding hydrogens is 300 g/mol. The number of rotatable bonds is 2. The average molecular weight is 318 g/mol. The number of hydrogen-bond donors (Lipinski definition) is 0. The first kappa shape index (κ1) is 13.9. The summed E-state index contributed by atoms with van der Waals surface area (Å²) >= 11 is 3.54. The number of halogens is 3. The van der Waals surface area contributed by atoms with Gasteiger partial charge >= 0.3 is 0 Å². The van der Waals surface area contributed by atoms with Crippen LogP contribution < -0.4 is 0 Å². The fraction of sp³-hybridized carbons (Fsp3) is 0.571. The Morgan fingerprint density at radius 2 is 1.67 bits per heavy atom. The second kappa shape index (κ2) is 5.25. The lowest BCUT2D eigenvalue weighted by Gasteiger charge is -2.31. The molecule has 1 aliphatic heterocycles. The van der Waals surface area contributed by atoms with Crippen LogP contribution in [-0.4, -0.2) is 23.9 Å². The molecule has 1 heterocycles. The lowest BCUT2D eigenvalue weighted by atomic mass is 10.0. The van der Waals surface area contributed by atoms with Crippen LogP contribution in [0, 0.1) is 13.8 Å². The maximum absolute atomic E-state index is 13.1. The Kier molecular flexibility index (Phi) is 4.07. The van der Waals surface area contributed by atoms with Gasteiger partial charge in [-0.25, -0.2) is 8.78 Å². The minimum atomic E-state index is -2.46. The van der Waals surface area contributed by atoms with E-state index in [0.717, 1.165) is 11.0 Å². The van der Waals surface area contributed by atoms with Gasteiger partial charge in [0.1, 0.15) is 0 Å². The molecule has 1 fully saturated rings. The van der Waals surface area contributed by atoms with Crippen LogP contribution in [0.5, 0.6) is 0 Å². The fourth-order valence-electron chi connectivity index (χ4n) is 2.42. The minimum Gasteiger partial charge on any atom is -0.299 e. The first-order chi connectivity index (χ1) is 8.37. The van der Waals surface area contributed by atoms with Gasteiger partial charge in [-0.15, -0.1) is 0 Å². The van der Waals surface area contributed by atoms with Gasteiger partial charge in [0.05, 0.1) is 0 Å². The molecule has 0 bridgehead atoms. The third-order valence-electron chi connectivity index (χ3n) is 3.49. The lowest BCUT2D eigenvalue weighted by Crippen LogP contribution is -2.38. The molecule has 0 unspecified atom stereocenters. The van der Waals surface area contributed by atoms with Gasteiger partial charge in [-0.2, -0.15) is 0 Å². The second-order valence-corrected chi connectivity index (χ2v) is 5.97. The number of likely N-dealkylation sites (tertiary alicyclic amines) is 1. The van der Waals surface area contributed by atoms with E-state index in [4.69, 9.17) is 0 Å². The van der Waals surface area contributed by atoms with Crippen molar-refractivity contribution in [1.82, 2.24) is 4.90 Å². The van der Waals surface area contributed by atoms with E-state index < -0.39 is 5.92 Å². The summed E-state index contributed by atoms with van der Waals surface area (Å²) in [5, 5.41) is 0. The molecule has 0 amide bonds. The van der Waals surface area contributed by atoms with Crippen LogP contribution in [0.1, 0.15) is 29.5 Å². The van der Waals surface area contributed by atoms with Crippen LogP contribution in [0.4, 0.5) is 8.78 Å². The lowest BCUT2D eigenvalue weighted by molar-refractivity contribution is -0.0566. The predicted molar refractivity (Wildman–Crippen MR) is 73.1 cm³/mol. The molecule has 0 aromatic heterocycles. The second-order valence-electron chi connectivity index (χ2n) is 5.18. The van der Waals surface area contributed by atoms with Gasteiger partial charge in [0, 0.05) is 36.9 Å². The Bertz CT molecular complexity index is 412. The van der Waals surface area contributed by atoms with Crippen LogP contribution in [0.3, 0.4) is 0 Å². The van der Waals surface area contributed by atoms with Crippen molar-refractivity contribution in [3.8, 4) is 0 Å². The summed E-state index contributed by atoms with van der Waals surface area (Å²) in [5.41, 5.74) is 3.61. The number of alkyl halides is 2. The maximum Gasteiger partial charge on any atom is 0.250 e. The van der Waals surface area contributed by atoms with E-state index in [2.05, 4.69) is 46.8 Å². The summed E-state index contributed by atoms with van der Waals surface area (Å²) in [6, 6.07) is 4.26.